The van der Waals surface area contributed by atoms with E-state index < -0.39 is 17.8 Å². The number of nitrogens with zero attached hydrogens (tertiary/aromatic N) is 1. The maximum Gasteiger partial charge on any atom is 0.416 e. The molecule has 1 aromatic heterocycles. The third-order valence-electron chi connectivity index (χ3n) is 5.09. The zero-order chi connectivity index (χ0) is 21.9. The molecule has 8 heteroatoms. The standard InChI is InChI=1S/C23H23F3N2OS.ClH/c1-15-5-10-19(14-16(15)2)28(22(29)21(27)20-4-3-13-30-20)12-11-17-6-8-18(9-7-17)23(24,25)26;/h3-10,13-14,21H,11-12,27H2,1-2H3;1H/t21-;/m0./s1. The molecule has 1 amide bonds. The third-order valence-corrected chi connectivity index (χ3v) is 6.04. The van der Waals surface area contributed by atoms with Gasteiger partial charge < -0.3 is 10.6 Å². The third kappa shape index (κ3) is 6.09. The van der Waals surface area contributed by atoms with Crippen LogP contribution in [0.15, 0.2) is 60.0 Å². The number of anilines is 1. The van der Waals surface area contributed by atoms with Crippen molar-refractivity contribution in [2.75, 3.05) is 11.4 Å². The van der Waals surface area contributed by atoms with Crippen molar-refractivity contribution in [2.45, 2.75) is 32.5 Å². The van der Waals surface area contributed by atoms with E-state index in [-0.39, 0.29) is 18.3 Å². The molecule has 3 aromatic rings. The van der Waals surface area contributed by atoms with Gasteiger partial charge >= 0.3 is 6.18 Å². The summed E-state index contributed by atoms with van der Waals surface area (Å²) in [7, 11) is 0. The lowest BCUT2D eigenvalue weighted by atomic mass is 10.1. The molecule has 3 rings (SSSR count). The molecule has 0 spiro atoms. The first-order valence-corrected chi connectivity index (χ1v) is 10.4. The van der Waals surface area contributed by atoms with E-state index >= 15 is 0 Å². The van der Waals surface area contributed by atoms with Crippen molar-refractivity contribution in [1.82, 2.24) is 0 Å². The minimum atomic E-state index is -4.37. The lowest BCUT2D eigenvalue weighted by molar-refractivity contribution is -0.137. The van der Waals surface area contributed by atoms with Gasteiger partial charge in [0.05, 0.1) is 5.56 Å². The molecule has 3 nitrogen and oxygen atoms in total. The number of rotatable bonds is 6. The molecular weight excluding hydrogens is 445 g/mol. The Morgan fingerprint density at radius 3 is 2.29 bits per heavy atom. The number of hydrogen-bond donors (Lipinski definition) is 1. The van der Waals surface area contributed by atoms with Crippen LogP contribution in [0.4, 0.5) is 18.9 Å². The van der Waals surface area contributed by atoms with E-state index in [9.17, 15) is 18.0 Å². The van der Waals surface area contributed by atoms with Gasteiger partial charge in [-0.15, -0.1) is 23.7 Å². The Labute approximate surface area is 190 Å². The predicted octanol–water partition coefficient (Wildman–Crippen LogP) is 6.08. The molecular formula is C23H24ClF3N2OS. The molecule has 0 fully saturated rings. The Balaban J connectivity index is 0.00000341. The van der Waals surface area contributed by atoms with E-state index in [0.29, 0.717) is 18.5 Å². The van der Waals surface area contributed by atoms with Gasteiger partial charge in [0.1, 0.15) is 6.04 Å². The summed E-state index contributed by atoms with van der Waals surface area (Å²) in [6.45, 7) is 4.27. The largest absolute Gasteiger partial charge is 0.416 e. The summed E-state index contributed by atoms with van der Waals surface area (Å²) in [5.41, 5.74) is 9.13. The number of amides is 1. The van der Waals surface area contributed by atoms with Gasteiger partial charge in [-0.1, -0.05) is 24.3 Å². The minimum absolute atomic E-state index is 0. The van der Waals surface area contributed by atoms with Crippen molar-refractivity contribution in [3.63, 3.8) is 0 Å². The number of halogens is 4. The Kier molecular flexibility index (Phi) is 8.28. The van der Waals surface area contributed by atoms with Crippen LogP contribution < -0.4 is 10.6 Å². The Morgan fingerprint density at radius 2 is 1.74 bits per heavy atom. The number of benzene rings is 2. The minimum Gasteiger partial charge on any atom is -0.316 e. The number of thiophene rings is 1. The van der Waals surface area contributed by atoms with Crippen LogP contribution in [0.2, 0.25) is 0 Å². The predicted molar refractivity (Wildman–Crippen MR) is 122 cm³/mol. The van der Waals surface area contributed by atoms with Gasteiger partial charge in [0, 0.05) is 17.1 Å². The first kappa shape index (κ1) is 24.9. The average Bonchev–Trinajstić information content (AvgIpc) is 3.24. The van der Waals surface area contributed by atoms with Gasteiger partial charge in [-0.25, -0.2) is 0 Å². The molecule has 0 saturated carbocycles. The van der Waals surface area contributed by atoms with Crippen LogP contribution in [0.3, 0.4) is 0 Å². The molecule has 1 atom stereocenters. The van der Waals surface area contributed by atoms with Gasteiger partial charge in [0.2, 0.25) is 5.91 Å². The Hall–Kier alpha value is -2.35. The number of aryl methyl sites for hydroxylation is 2. The smallest absolute Gasteiger partial charge is 0.316 e. The van der Waals surface area contributed by atoms with Gasteiger partial charge in [-0.05, 0) is 72.7 Å². The van der Waals surface area contributed by atoms with E-state index in [1.807, 2.05) is 49.6 Å². The Bertz CT molecular complexity index is 1000. The summed E-state index contributed by atoms with van der Waals surface area (Å²) in [4.78, 5) is 15.6. The maximum absolute atomic E-state index is 13.2. The molecule has 0 aliphatic carbocycles. The zero-order valence-corrected chi connectivity index (χ0v) is 18.8. The molecule has 166 valence electrons. The highest BCUT2D eigenvalue weighted by Gasteiger charge is 2.30. The maximum atomic E-state index is 13.2. The SMILES string of the molecule is Cc1ccc(N(CCc2ccc(C(F)(F)F)cc2)C(=O)[C@@H](N)c2cccs2)cc1C.Cl. The van der Waals surface area contributed by atoms with Crippen LogP contribution in [0.5, 0.6) is 0 Å². The molecule has 2 N–H and O–H groups in total. The van der Waals surface area contributed by atoms with Crippen LogP contribution in [0.25, 0.3) is 0 Å². The first-order chi connectivity index (χ1) is 14.2. The lowest BCUT2D eigenvalue weighted by Crippen LogP contribution is -2.39. The quantitative estimate of drug-likeness (QED) is 0.476. The molecule has 31 heavy (non-hydrogen) atoms. The average molecular weight is 469 g/mol. The molecule has 0 bridgehead atoms. The zero-order valence-electron chi connectivity index (χ0n) is 17.1. The molecule has 0 unspecified atom stereocenters. The highest BCUT2D eigenvalue weighted by atomic mass is 35.5. The Morgan fingerprint density at radius 1 is 1.06 bits per heavy atom. The van der Waals surface area contributed by atoms with Crippen LogP contribution in [0.1, 0.15) is 33.2 Å². The first-order valence-electron chi connectivity index (χ1n) is 9.50. The normalized spacial score (nSPS) is 12.2. The highest BCUT2D eigenvalue weighted by Crippen LogP contribution is 2.29. The molecule has 0 saturated heterocycles. The second kappa shape index (κ2) is 10.3. The van der Waals surface area contributed by atoms with Gasteiger partial charge in [-0.3, -0.25) is 4.79 Å². The van der Waals surface area contributed by atoms with Crippen molar-refractivity contribution in [3.05, 3.63) is 87.1 Å². The van der Waals surface area contributed by atoms with E-state index in [1.54, 1.807) is 4.90 Å². The second-order valence-corrected chi connectivity index (χ2v) is 8.18. The summed E-state index contributed by atoms with van der Waals surface area (Å²) in [5, 5.41) is 1.87. The van der Waals surface area contributed by atoms with E-state index in [4.69, 9.17) is 5.73 Å². The van der Waals surface area contributed by atoms with Crippen LogP contribution in [0, 0.1) is 13.8 Å². The summed E-state index contributed by atoms with van der Waals surface area (Å²) in [5.74, 6) is -0.243. The highest BCUT2D eigenvalue weighted by molar-refractivity contribution is 7.10. The fourth-order valence-electron chi connectivity index (χ4n) is 3.12. The number of hydrogen-bond acceptors (Lipinski definition) is 3. The molecule has 2 aromatic carbocycles. The van der Waals surface area contributed by atoms with Crippen molar-refractivity contribution < 1.29 is 18.0 Å². The fraction of sp³-hybridized carbons (Fsp3) is 0.261. The number of alkyl halides is 3. The number of carbonyl (C=O) groups is 1. The monoisotopic (exact) mass is 468 g/mol. The van der Waals surface area contributed by atoms with E-state index in [2.05, 4.69) is 0 Å². The van der Waals surface area contributed by atoms with Crippen molar-refractivity contribution in [3.8, 4) is 0 Å². The molecule has 0 radical (unpaired) electrons. The lowest BCUT2D eigenvalue weighted by Gasteiger charge is -2.26. The number of carbonyl (C=O) groups excluding carboxylic acids is 1. The van der Waals surface area contributed by atoms with Crippen molar-refractivity contribution in [1.29, 1.82) is 0 Å². The summed E-state index contributed by atoms with van der Waals surface area (Å²) >= 11 is 1.42. The van der Waals surface area contributed by atoms with E-state index in [1.165, 1.54) is 23.5 Å². The van der Waals surface area contributed by atoms with Gasteiger partial charge in [-0.2, -0.15) is 13.2 Å². The topological polar surface area (TPSA) is 46.3 Å². The summed E-state index contributed by atoms with van der Waals surface area (Å²) in [6.07, 6.45) is -3.96. The van der Waals surface area contributed by atoms with Crippen molar-refractivity contribution in [2.24, 2.45) is 5.73 Å². The van der Waals surface area contributed by atoms with Crippen molar-refractivity contribution >= 4 is 35.3 Å². The fourth-order valence-corrected chi connectivity index (χ4v) is 3.84. The molecule has 1 heterocycles. The summed E-state index contributed by atoms with van der Waals surface area (Å²) in [6, 6.07) is 13.6. The van der Waals surface area contributed by atoms with Crippen LogP contribution in [-0.4, -0.2) is 12.5 Å². The van der Waals surface area contributed by atoms with Gasteiger partial charge in [0.15, 0.2) is 0 Å². The van der Waals surface area contributed by atoms with E-state index in [0.717, 1.165) is 33.8 Å². The van der Waals surface area contributed by atoms with Gasteiger partial charge in [0.25, 0.3) is 0 Å². The molecule has 0 aliphatic rings. The number of nitrogens with two attached hydrogens (primary N) is 1. The molecule has 0 aliphatic heterocycles. The summed E-state index contributed by atoms with van der Waals surface area (Å²) < 4.78 is 38.4. The second-order valence-electron chi connectivity index (χ2n) is 7.20. The van der Waals surface area contributed by atoms with Crippen LogP contribution in [-0.2, 0) is 17.4 Å². The van der Waals surface area contributed by atoms with Crippen LogP contribution >= 0.6 is 23.7 Å².